The third kappa shape index (κ3) is 1.62. The highest BCUT2D eigenvalue weighted by atomic mass is 32.2. The zero-order valence-corrected chi connectivity index (χ0v) is 10.9. The average Bonchev–Trinajstić information content (AvgIpc) is 2.69. The lowest BCUT2D eigenvalue weighted by Crippen LogP contribution is -2.44. The van der Waals surface area contributed by atoms with Crippen LogP contribution in [0.3, 0.4) is 0 Å². The Balaban J connectivity index is 1.84. The first kappa shape index (κ1) is 11.3. The Kier molecular flexibility index (Phi) is 2.95. The first-order valence-electron chi connectivity index (χ1n) is 6.65. The Morgan fingerprint density at radius 3 is 2.94 bits per heavy atom. The largest absolute Gasteiger partial charge is 0.291 e. The van der Waals surface area contributed by atoms with Crippen molar-refractivity contribution in [1.29, 1.82) is 0 Å². The molecule has 2 saturated heterocycles. The highest BCUT2D eigenvalue weighted by Gasteiger charge is 2.56. The van der Waals surface area contributed by atoms with Crippen LogP contribution >= 0.6 is 11.8 Å². The maximum Gasteiger partial charge on any atom is 0.115 e. The second kappa shape index (κ2) is 4.16. The number of hydrogen-bond donors (Lipinski definition) is 0. The van der Waals surface area contributed by atoms with Crippen LogP contribution in [0.1, 0.15) is 38.5 Å². The highest BCUT2D eigenvalue weighted by Crippen LogP contribution is 2.51. The summed E-state index contributed by atoms with van der Waals surface area (Å²) in [6, 6.07) is 0.724. The van der Waals surface area contributed by atoms with Gasteiger partial charge >= 0.3 is 0 Å². The fourth-order valence-electron chi connectivity index (χ4n) is 4.48. The third-order valence-electron chi connectivity index (χ3n) is 4.93. The summed E-state index contributed by atoms with van der Waals surface area (Å²) >= 11 is 1.91. The Labute approximate surface area is 102 Å². The normalized spacial score (nSPS) is 48.0. The molecule has 0 amide bonds. The van der Waals surface area contributed by atoms with Crippen LogP contribution in [0.5, 0.6) is 0 Å². The number of fused-ring (bicyclic) bond motifs is 3. The highest BCUT2D eigenvalue weighted by molar-refractivity contribution is 7.98. The summed E-state index contributed by atoms with van der Waals surface area (Å²) in [7, 11) is 0. The van der Waals surface area contributed by atoms with Gasteiger partial charge in [-0.15, -0.1) is 0 Å². The molecule has 1 aliphatic carbocycles. The van der Waals surface area contributed by atoms with E-state index in [0.29, 0.717) is 0 Å². The molecule has 0 N–H and O–H groups in total. The van der Waals surface area contributed by atoms with Gasteiger partial charge in [-0.2, -0.15) is 11.8 Å². The Bertz CT molecular complexity index is 273. The predicted molar refractivity (Wildman–Crippen MR) is 67.7 cm³/mol. The standard InChI is InChI=1S/C13H22FNS/c1-16-9-13-6-10-4-2-3-5-12(10)15(13)8-11(14)7-13/h10-12H,2-9H2,1H3/t10-,11+,12-,13-/m1/s1. The van der Waals surface area contributed by atoms with Gasteiger partial charge in [0, 0.05) is 23.9 Å². The number of alkyl halides is 1. The van der Waals surface area contributed by atoms with E-state index in [1.54, 1.807) is 0 Å². The number of halogens is 1. The van der Waals surface area contributed by atoms with Crippen LogP contribution in [0, 0.1) is 5.92 Å². The zero-order valence-electron chi connectivity index (χ0n) is 10.1. The molecule has 16 heavy (non-hydrogen) atoms. The summed E-state index contributed by atoms with van der Waals surface area (Å²) in [5.41, 5.74) is 0.235. The van der Waals surface area contributed by atoms with Crippen molar-refractivity contribution in [3.8, 4) is 0 Å². The second-order valence-electron chi connectivity index (χ2n) is 5.93. The van der Waals surface area contributed by atoms with Crippen LogP contribution in [-0.4, -0.2) is 41.2 Å². The zero-order chi connectivity index (χ0) is 11.2. The molecule has 0 aromatic rings. The number of nitrogens with zero attached hydrogens (tertiary/aromatic N) is 1. The molecule has 1 saturated carbocycles. The van der Waals surface area contributed by atoms with Gasteiger partial charge in [0.15, 0.2) is 0 Å². The minimum Gasteiger partial charge on any atom is -0.291 e. The predicted octanol–water partition coefficient (Wildman–Crippen LogP) is 3.09. The second-order valence-corrected chi connectivity index (χ2v) is 6.79. The van der Waals surface area contributed by atoms with Gasteiger partial charge in [-0.05, 0) is 37.9 Å². The van der Waals surface area contributed by atoms with Crippen molar-refractivity contribution in [2.45, 2.75) is 56.3 Å². The fourth-order valence-corrected chi connectivity index (χ4v) is 5.42. The fraction of sp³-hybridized carbons (Fsp3) is 1.00. The lowest BCUT2D eigenvalue weighted by Gasteiger charge is -2.35. The molecule has 3 aliphatic rings. The van der Waals surface area contributed by atoms with Crippen LogP contribution in [-0.2, 0) is 0 Å². The van der Waals surface area contributed by atoms with E-state index in [1.807, 2.05) is 11.8 Å². The summed E-state index contributed by atoms with van der Waals surface area (Å²) in [5.74, 6) is 2.02. The quantitative estimate of drug-likeness (QED) is 0.733. The van der Waals surface area contributed by atoms with Crippen molar-refractivity contribution in [2.75, 3.05) is 18.6 Å². The molecule has 0 bridgehead atoms. The van der Waals surface area contributed by atoms with Crippen molar-refractivity contribution < 1.29 is 4.39 Å². The molecular formula is C13H22FNS. The first-order valence-corrected chi connectivity index (χ1v) is 8.04. The molecule has 0 aromatic heterocycles. The lowest BCUT2D eigenvalue weighted by atomic mass is 9.82. The van der Waals surface area contributed by atoms with Gasteiger partial charge in [0.1, 0.15) is 6.17 Å². The minimum absolute atomic E-state index is 0.235. The Morgan fingerprint density at radius 2 is 2.12 bits per heavy atom. The average molecular weight is 243 g/mol. The van der Waals surface area contributed by atoms with Gasteiger partial charge < -0.3 is 0 Å². The summed E-state index contributed by atoms with van der Waals surface area (Å²) in [6.45, 7) is 0.724. The van der Waals surface area contributed by atoms with Gasteiger partial charge in [0.05, 0.1) is 0 Å². The number of thioether (sulfide) groups is 1. The number of hydrogen-bond acceptors (Lipinski definition) is 2. The van der Waals surface area contributed by atoms with Crippen molar-refractivity contribution in [1.82, 2.24) is 4.90 Å². The molecule has 3 fully saturated rings. The summed E-state index contributed by atoms with van der Waals surface area (Å²) in [4.78, 5) is 2.57. The van der Waals surface area contributed by atoms with E-state index in [0.717, 1.165) is 30.7 Å². The maximum atomic E-state index is 13.7. The molecule has 3 heteroatoms. The van der Waals surface area contributed by atoms with Gasteiger partial charge in [0.2, 0.25) is 0 Å². The summed E-state index contributed by atoms with van der Waals surface area (Å²) in [5, 5.41) is 0. The molecule has 0 spiro atoms. The van der Waals surface area contributed by atoms with Crippen LogP contribution in [0.25, 0.3) is 0 Å². The summed E-state index contributed by atoms with van der Waals surface area (Å²) < 4.78 is 13.7. The van der Waals surface area contributed by atoms with Gasteiger partial charge in [-0.25, -0.2) is 4.39 Å². The van der Waals surface area contributed by atoms with E-state index in [9.17, 15) is 4.39 Å². The maximum absolute atomic E-state index is 13.7. The van der Waals surface area contributed by atoms with E-state index in [-0.39, 0.29) is 5.54 Å². The SMILES string of the molecule is CSC[C@@]12C[C@H](F)CN1[C@@H]1CCCC[C@@H]1C2. The molecule has 0 unspecified atom stereocenters. The van der Waals surface area contributed by atoms with Crippen LogP contribution in [0.15, 0.2) is 0 Å². The van der Waals surface area contributed by atoms with Gasteiger partial charge in [-0.3, -0.25) is 4.90 Å². The van der Waals surface area contributed by atoms with E-state index in [4.69, 9.17) is 0 Å². The molecule has 92 valence electrons. The number of rotatable bonds is 2. The molecule has 1 nitrogen and oxygen atoms in total. The summed E-state index contributed by atoms with van der Waals surface area (Å²) in [6.07, 6.45) is 9.19. The minimum atomic E-state index is -0.560. The monoisotopic (exact) mass is 243 g/mol. The van der Waals surface area contributed by atoms with Crippen molar-refractivity contribution in [2.24, 2.45) is 5.92 Å². The molecule has 2 heterocycles. The van der Waals surface area contributed by atoms with E-state index in [1.165, 1.54) is 32.1 Å². The van der Waals surface area contributed by atoms with Crippen molar-refractivity contribution in [3.63, 3.8) is 0 Å². The smallest absolute Gasteiger partial charge is 0.115 e. The van der Waals surface area contributed by atoms with E-state index >= 15 is 0 Å². The van der Waals surface area contributed by atoms with Crippen LogP contribution < -0.4 is 0 Å². The van der Waals surface area contributed by atoms with E-state index in [2.05, 4.69) is 11.2 Å². The molecule has 3 rings (SSSR count). The van der Waals surface area contributed by atoms with Gasteiger partial charge in [0.25, 0.3) is 0 Å². The topological polar surface area (TPSA) is 3.24 Å². The molecule has 0 aromatic carbocycles. The molecular weight excluding hydrogens is 221 g/mol. The van der Waals surface area contributed by atoms with E-state index < -0.39 is 6.17 Å². The Hall–Kier alpha value is 0.240. The first-order chi connectivity index (χ1) is 7.75. The van der Waals surface area contributed by atoms with Crippen molar-refractivity contribution in [3.05, 3.63) is 0 Å². The van der Waals surface area contributed by atoms with Crippen LogP contribution in [0.2, 0.25) is 0 Å². The third-order valence-corrected chi connectivity index (χ3v) is 5.76. The molecule has 4 atom stereocenters. The van der Waals surface area contributed by atoms with Gasteiger partial charge in [-0.1, -0.05) is 12.8 Å². The molecule has 2 aliphatic heterocycles. The van der Waals surface area contributed by atoms with Crippen LogP contribution in [0.4, 0.5) is 4.39 Å². The Morgan fingerprint density at radius 1 is 1.31 bits per heavy atom. The molecule has 0 radical (unpaired) electrons. The van der Waals surface area contributed by atoms with Crippen molar-refractivity contribution >= 4 is 11.8 Å². The lowest BCUT2D eigenvalue weighted by molar-refractivity contribution is 0.138.